The summed E-state index contributed by atoms with van der Waals surface area (Å²) in [6, 6.07) is 8.32. The number of carbonyl (C=O) groups excluding carboxylic acids is 1. The largest absolute Gasteiger partial charge is 0.333 e. The van der Waals surface area contributed by atoms with E-state index >= 15 is 0 Å². The highest BCUT2D eigenvalue weighted by molar-refractivity contribution is 9.10. The van der Waals surface area contributed by atoms with Gasteiger partial charge in [-0.1, -0.05) is 15.9 Å². The van der Waals surface area contributed by atoms with Crippen LogP contribution in [0.15, 0.2) is 41.1 Å². The van der Waals surface area contributed by atoms with Gasteiger partial charge in [0.05, 0.1) is 17.4 Å². The second kappa shape index (κ2) is 6.22. The molecule has 1 aromatic carbocycles. The third kappa shape index (κ3) is 2.94. The molecule has 1 aliphatic rings. The summed E-state index contributed by atoms with van der Waals surface area (Å²) in [4.78, 5) is 14.6. The number of halogens is 1. The van der Waals surface area contributed by atoms with E-state index in [0.29, 0.717) is 11.6 Å². The molecule has 2 atom stereocenters. The Kier molecular flexibility index (Phi) is 4.31. The average Bonchev–Trinajstić information content (AvgIpc) is 3.00. The van der Waals surface area contributed by atoms with Crippen molar-refractivity contribution in [2.24, 2.45) is 0 Å². The third-order valence-electron chi connectivity index (χ3n) is 4.22. The fraction of sp³-hybridized carbons (Fsp3) is 0.375. The molecule has 2 aromatic rings. The molecule has 1 amide bonds. The van der Waals surface area contributed by atoms with Gasteiger partial charge in [-0.2, -0.15) is 5.10 Å². The van der Waals surface area contributed by atoms with Crippen LogP contribution in [0, 0.1) is 0 Å². The molecule has 5 nitrogen and oxygen atoms in total. The maximum Gasteiger partial charge on any atom is 0.257 e. The van der Waals surface area contributed by atoms with Gasteiger partial charge < -0.3 is 10.2 Å². The zero-order valence-corrected chi connectivity index (χ0v) is 14.2. The molecule has 1 saturated heterocycles. The highest BCUT2D eigenvalue weighted by Gasteiger charge is 2.29. The summed E-state index contributed by atoms with van der Waals surface area (Å²) >= 11 is 3.41. The SMILES string of the molecule is CC1NCCN(C(=O)c2cnn(-c3ccc(Br)cc3)c2)C1C. The smallest absolute Gasteiger partial charge is 0.257 e. The van der Waals surface area contributed by atoms with Crippen LogP contribution in [0.2, 0.25) is 0 Å². The van der Waals surface area contributed by atoms with Crippen LogP contribution in [-0.4, -0.2) is 45.8 Å². The normalized spacial score (nSPS) is 21.9. The quantitative estimate of drug-likeness (QED) is 0.892. The molecule has 6 heteroatoms. The summed E-state index contributed by atoms with van der Waals surface area (Å²) in [6.07, 6.45) is 3.44. The summed E-state index contributed by atoms with van der Waals surface area (Å²) in [5, 5.41) is 7.70. The Balaban J connectivity index is 1.81. The number of benzene rings is 1. The molecule has 0 radical (unpaired) electrons. The van der Waals surface area contributed by atoms with E-state index in [1.807, 2.05) is 29.2 Å². The first-order chi connectivity index (χ1) is 10.6. The fourth-order valence-electron chi connectivity index (χ4n) is 2.68. The summed E-state index contributed by atoms with van der Waals surface area (Å²) in [5.41, 5.74) is 1.56. The Hall–Kier alpha value is -1.66. The van der Waals surface area contributed by atoms with Crippen molar-refractivity contribution in [3.05, 3.63) is 46.7 Å². The number of rotatable bonds is 2. The van der Waals surface area contributed by atoms with Crippen molar-refractivity contribution >= 4 is 21.8 Å². The molecule has 22 heavy (non-hydrogen) atoms. The van der Waals surface area contributed by atoms with Crippen molar-refractivity contribution < 1.29 is 4.79 Å². The Labute approximate surface area is 138 Å². The first kappa shape index (κ1) is 15.2. The van der Waals surface area contributed by atoms with E-state index in [-0.39, 0.29) is 11.9 Å². The van der Waals surface area contributed by atoms with Crippen molar-refractivity contribution in [2.75, 3.05) is 13.1 Å². The van der Waals surface area contributed by atoms with Gasteiger partial charge in [-0.25, -0.2) is 4.68 Å². The van der Waals surface area contributed by atoms with Gasteiger partial charge in [0.2, 0.25) is 0 Å². The van der Waals surface area contributed by atoms with Crippen LogP contribution in [0.25, 0.3) is 5.69 Å². The van der Waals surface area contributed by atoms with E-state index in [9.17, 15) is 4.79 Å². The van der Waals surface area contributed by atoms with Crippen molar-refractivity contribution in [2.45, 2.75) is 25.9 Å². The number of nitrogens with zero attached hydrogens (tertiary/aromatic N) is 3. The van der Waals surface area contributed by atoms with E-state index in [2.05, 4.69) is 40.2 Å². The molecule has 3 rings (SSSR count). The van der Waals surface area contributed by atoms with Crippen LogP contribution in [0.5, 0.6) is 0 Å². The predicted molar refractivity (Wildman–Crippen MR) is 89.2 cm³/mol. The topological polar surface area (TPSA) is 50.2 Å². The Morgan fingerprint density at radius 3 is 2.77 bits per heavy atom. The van der Waals surface area contributed by atoms with Crippen LogP contribution in [-0.2, 0) is 0 Å². The van der Waals surface area contributed by atoms with Gasteiger partial charge in [-0.3, -0.25) is 4.79 Å². The van der Waals surface area contributed by atoms with Crippen molar-refractivity contribution in [3.63, 3.8) is 0 Å². The van der Waals surface area contributed by atoms with E-state index in [1.54, 1.807) is 17.1 Å². The number of hydrogen-bond acceptors (Lipinski definition) is 3. The van der Waals surface area contributed by atoms with Crippen LogP contribution < -0.4 is 5.32 Å². The fourth-order valence-corrected chi connectivity index (χ4v) is 2.94. The molecule has 0 spiro atoms. The molecular formula is C16H19BrN4O. The highest BCUT2D eigenvalue weighted by Crippen LogP contribution is 2.17. The van der Waals surface area contributed by atoms with Gasteiger partial charge in [0.1, 0.15) is 0 Å². The second-order valence-corrected chi connectivity index (χ2v) is 6.55. The van der Waals surface area contributed by atoms with Crippen LogP contribution >= 0.6 is 15.9 Å². The lowest BCUT2D eigenvalue weighted by Gasteiger charge is -2.38. The second-order valence-electron chi connectivity index (χ2n) is 5.63. The summed E-state index contributed by atoms with van der Waals surface area (Å²) in [5.74, 6) is 0.0456. The van der Waals surface area contributed by atoms with E-state index < -0.39 is 0 Å². The third-order valence-corrected chi connectivity index (χ3v) is 4.74. The maximum atomic E-state index is 12.7. The minimum absolute atomic E-state index is 0.0456. The van der Waals surface area contributed by atoms with E-state index in [1.165, 1.54) is 0 Å². The maximum absolute atomic E-state index is 12.7. The minimum Gasteiger partial charge on any atom is -0.333 e. The molecular weight excluding hydrogens is 344 g/mol. The van der Waals surface area contributed by atoms with Gasteiger partial charge in [0.15, 0.2) is 0 Å². The van der Waals surface area contributed by atoms with Gasteiger partial charge in [-0.05, 0) is 38.1 Å². The average molecular weight is 363 g/mol. The first-order valence-corrected chi connectivity index (χ1v) is 8.20. The van der Waals surface area contributed by atoms with Crippen molar-refractivity contribution in [3.8, 4) is 5.69 Å². The predicted octanol–water partition coefficient (Wildman–Crippen LogP) is 2.46. The van der Waals surface area contributed by atoms with Gasteiger partial charge in [0, 0.05) is 35.8 Å². The number of carbonyl (C=O) groups is 1. The molecule has 1 N–H and O–H groups in total. The Bertz CT molecular complexity index is 667. The van der Waals surface area contributed by atoms with Gasteiger partial charge >= 0.3 is 0 Å². The van der Waals surface area contributed by atoms with Gasteiger partial charge in [0.25, 0.3) is 5.91 Å². The lowest BCUT2D eigenvalue weighted by atomic mass is 10.1. The van der Waals surface area contributed by atoms with Crippen LogP contribution in [0.4, 0.5) is 0 Å². The van der Waals surface area contributed by atoms with E-state index in [0.717, 1.165) is 23.2 Å². The zero-order chi connectivity index (χ0) is 15.7. The molecule has 116 valence electrons. The van der Waals surface area contributed by atoms with Crippen LogP contribution in [0.1, 0.15) is 24.2 Å². The number of aromatic nitrogens is 2. The Morgan fingerprint density at radius 2 is 2.05 bits per heavy atom. The molecule has 1 fully saturated rings. The number of piperazine rings is 1. The highest BCUT2D eigenvalue weighted by atomic mass is 79.9. The molecule has 2 unspecified atom stereocenters. The molecule has 0 aliphatic carbocycles. The zero-order valence-electron chi connectivity index (χ0n) is 12.7. The number of amides is 1. The lowest BCUT2D eigenvalue weighted by molar-refractivity contribution is 0.0603. The van der Waals surface area contributed by atoms with E-state index in [4.69, 9.17) is 0 Å². The molecule has 0 saturated carbocycles. The molecule has 1 aromatic heterocycles. The standard InChI is InChI=1S/C16H19BrN4O/c1-11-12(2)20(8-7-18-11)16(22)13-9-19-21(10-13)15-5-3-14(17)4-6-15/h3-6,9-12,18H,7-8H2,1-2H3. The number of nitrogens with one attached hydrogen (secondary N) is 1. The number of hydrogen-bond donors (Lipinski definition) is 1. The monoisotopic (exact) mass is 362 g/mol. The Morgan fingerprint density at radius 1 is 1.32 bits per heavy atom. The molecule has 1 aliphatic heterocycles. The summed E-state index contributed by atoms with van der Waals surface area (Å²) in [7, 11) is 0. The first-order valence-electron chi connectivity index (χ1n) is 7.41. The van der Waals surface area contributed by atoms with Crippen molar-refractivity contribution in [1.29, 1.82) is 0 Å². The summed E-state index contributed by atoms with van der Waals surface area (Å²) in [6.45, 7) is 5.75. The van der Waals surface area contributed by atoms with Crippen LogP contribution in [0.3, 0.4) is 0 Å². The molecule has 0 bridgehead atoms. The lowest BCUT2D eigenvalue weighted by Crippen LogP contribution is -2.57. The molecule has 2 heterocycles. The van der Waals surface area contributed by atoms with Gasteiger partial charge in [-0.15, -0.1) is 0 Å². The minimum atomic E-state index is 0.0456. The summed E-state index contributed by atoms with van der Waals surface area (Å²) < 4.78 is 2.75. The van der Waals surface area contributed by atoms with Crippen molar-refractivity contribution in [1.82, 2.24) is 20.0 Å².